The van der Waals surface area contributed by atoms with E-state index in [0.717, 1.165) is 19.3 Å². The van der Waals surface area contributed by atoms with Crippen molar-refractivity contribution in [3.63, 3.8) is 0 Å². The van der Waals surface area contributed by atoms with Crippen LogP contribution in [0.3, 0.4) is 0 Å². The average molecular weight is 458 g/mol. The highest BCUT2D eigenvalue weighted by Gasteiger charge is 2.19. The Labute approximate surface area is 193 Å². The van der Waals surface area contributed by atoms with Crippen LogP contribution in [0.2, 0.25) is 0 Å². The Morgan fingerprint density at radius 1 is 0.719 bits per heavy atom. The zero-order valence-electron chi connectivity index (χ0n) is 19.0. The van der Waals surface area contributed by atoms with Crippen molar-refractivity contribution in [3.8, 4) is 0 Å². The molecule has 0 aliphatic carbocycles. The Kier molecular flexibility index (Phi) is 11.7. The fourth-order valence-electron chi connectivity index (χ4n) is 3.45. The molecule has 6 heteroatoms. The lowest BCUT2D eigenvalue weighted by Crippen LogP contribution is -2.18. The third kappa shape index (κ3) is 9.77. The minimum Gasteiger partial charge on any atom is -0.287 e. The summed E-state index contributed by atoms with van der Waals surface area (Å²) in [4.78, 5) is 12.9. The molecule has 0 saturated carbocycles. The molecule has 2 rings (SSSR count). The molecule has 2 aromatic rings. The first-order valence-electron chi connectivity index (χ1n) is 11.7. The van der Waals surface area contributed by atoms with Crippen molar-refractivity contribution in [2.75, 3.05) is 5.75 Å². The summed E-state index contributed by atoms with van der Waals surface area (Å²) >= 11 is 0. The summed E-state index contributed by atoms with van der Waals surface area (Å²) in [5, 5.41) is 3.78. The molecule has 2 aromatic carbocycles. The van der Waals surface area contributed by atoms with Gasteiger partial charge in [0.25, 0.3) is 0 Å². The number of carbonyl (C=O) groups is 1. The fourth-order valence-corrected chi connectivity index (χ4v) is 4.27. The van der Waals surface area contributed by atoms with Crippen LogP contribution >= 0.6 is 0 Å². The first-order valence-corrected chi connectivity index (χ1v) is 13.3. The molecule has 0 aliphatic heterocycles. The van der Waals surface area contributed by atoms with Gasteiger partial charge in [-0.05, 0) is 6.42 Å². The van der Waals surface area contributed by atoms with Crippen molar-refractivity contribution < 1.29 is 17.5 Å². The molecule has 32 heavy (non-hydrogen) atoms. The number of oxime groups is 1. The van der Waals surface area contributed by atoms with E-state index in [1.807, 2.05) is 12.1 Å². The van der Waals surface area contributed by atoms with Gasteiger partial charge in [0.05, 0.1) is 5.75 Å². The second-order valence-corrected chi connectivity index (χ2v) is 9.69. The summed E-state index contributed by atoms with van der Waals surface area (Å²) < 4.78 is 29.6. The molecule has 0 unspecified atom stereocenters. The van der Waals surface area contributed by atoms with Crippen molar-refractivity contribution in [1.82, 2.24) is 0 Å². The molecule has 0 amide bonds. The predicted molar refractivity (Wildman–Crippen MR) is 130 cm³/mol. The standard InChI is InChI=1S/C26H35NO4S/c1-2-3-4-5-6-7-8-9-10-17-22-32(29,30)31-27-25(23-18-13-11-14-19-23)26(28)24-20-15-12-16-21-24/h11-16,18-21H,2-10,17,22H2,1H3/b27-25+. The lowest BCUT2D eigenvalue weighted by Gasteiger charge is -2.07. The molecule has 0 N–H and O–H groups in total. The maximum atomic E-state index is 12.9. The highest BCUT2D eigenvalue weighted by Crippen LogP contribution is 2.13. The number of hydrogen-bond donors (Lipinski definition) is 0. The number of rotatable bonds is 16. The van der Waals surface area contributed by atoms with E-state index in [1.165, 1.54) is 38.5 Å². The van der Waals surface area contributed by atoms with Gasteiger partial charge < -0.3 is 0 Å². The van der Waals surface area contributed by atoms with Crippen LogP contribution in [0.4, 0.5) is 0 Å². The Balaban J connectivity index is 1.86. The van der Waals surface area contributed by atoms with Crippen LogP contribution in [0, 0.1) is 0 Å². The van der Waals surface area contributed by atoms with Crippen LogP contribution in [-0.2, 0) is 14.4 Å². The van der Waals surface area contributed by atoms with E-state index in [9.17, 15) is 13.2 Å². The molecular weight excluding hydrogens is 422 g/mol. The topological polar surface area (TPSA) is 72.8 Å². The molecule has 0 fully saturated rings. The maximum Gasteiger partial charge on any atom is 0.328 e. The zero-order chi connectivity index (χ0) is 23.1. The van der Waals surface area contributed by atoms with Crippen LogP contribution < -0.4 is 0 Å². The van der Waals surface area contributed by atoms with Gasteiger partial charge in [-0.25, -0.2) is 0 Å². The summed E-state index contributed by atoms with van der Waals surface area (Å²) in [7, 11) is -3.85. The first-order chi connectivity index (χ1) is 15.5. The van der Waals surface area contributed by atoms with Gasteiger partial charge in [0.1, 0.15) is 0 Å². The molecule has 0 atom stereocenters. The smallest absolute Gasteiger partial charge is 0.287 e. The Hall–Kier alpha value is -2.47. The third-order valence-corrected chi connectivity index (χ3v) is 6.38. The minimum atomic E-state index is -3.85. The quantitative estimate of drug-likeness (QED) is 0.124. The highest BCUT2D eigenvalue weighted by molar-refractivity contribution is 7.86. The lowest BCUT2D eigenvalue weighted by molar-refractivity contribution is 0.106. The zero-order valence-corrected chi connectivity index (χ0v) is 19.9. The van der Waals surface area contributed by atoms with E-state index >= 15 is 0 Å². The second-order valence-electron chi connectivity index (χ2n) is 8.02. The van der Waals surface area contributed by atoms with Crippen LogP contribution in [0.5, 0.6) is 0 Å². The number of hydrogen-bond acceptors (Lipinski definition) is 5. The molecule has 0 saturated heterocycles. The summed E-state index contributed by atoms with van der Waals surface area (Å²) in [5.74, 6) is -0.486. The van der Waals surface area contributed by atoms with Crippen molar-refractivity contribution in [3.05, 3.63) is 71.8 Å². The number of Topliss-reactive ketones (excluding diaryl/α,β-unsaturated/α-hetero) is 1. The van der Waals surface area contributed by atoms with E-state index in [1.54, 1.807) is 48.5 Å². The van der Waals surface area contributed by atoms with Crippen LogP contribution in [0.1, 0.15) is 87.1 Å². The van der Waals surface area contributed by atoms with Crippen molar-refractivity contribution in [2.24, 2.45) is 5.16 Å². The molecule has 0 aliphatic rings. The van der Waals surface area contributed by atoms with E-state index in [-0.39, 0.29) is 17.2 Å². The van der Waals surface area contributed by atoms with Crippen molar-refractivity contribution in [2.45, 2.75) is 71.1 Å². The predicted octanol–water partition coefficient (Wildman–Crippen LogP) is 6.54. The Bertz CT molecular complexity index is 925. The van der Waals surface area contributed by atoms with E-state index < -0.39 is 10.1 Å². The number of unbranched alkanes of at least 4 members (excludes halogenated alkanes) is 9. The molecule has 0 radical (unpaired) electrons. The summed E-state index contributed by atoms with van der Waals surface area (Å²) in [5.41, 5.74) is 0.907. The monoisotopic (exact) mass is 457 g/mol. The summed E-state index contributed by atoms with van der Waals surface area (Å²) in [6.07, 6.45) is 11.2. The fraction of sp³-hybridized carbons (Fsp3) is 0.462. The third-order valence-electron chi connectivity index (χ3n) is 5.29. The van der Waals surface area contributed by atoms with Crippen LogP contribution in [0.15, 0.2) is 65.8 Å². The number of ketones is 1. The van der Waals surface area contributed by atoms with Gasteiger partial charge in [-0.1, -0.05) is 131 Å². The molecule has 5 nitrogen and oxygen atoms in total. The van der Waals surface area contributed by atoms with E-state index in [0.29, 0.717) is 17.5 Å². The van der Waals surface area contributed by atoms with E-state index in [4.69, 9.17) is 4.28 Å². The minimum absolute atomic E-state index is 0.0246. The Morgan fingerprint density at radius 3 is 1.72 bits per heavy atom. The van der Waals surface area contributed by atoms with Crippen molar-refractivity contribution >= 4 is 21.6 Å². The highest BCUT2D eigenvalue weighted by atomic mass is 32.2. The van der Waals surface area contributed by atoms with Gasteiger partial charge in [-0.2, -0.15) is 8.42 Å². The molecule has 0 aromatic heterocycles. The normalized spacial score (nSPS) is 12.0. The van der Waals surface area contributed by atoms with Gasteiger partial charge in [-0.15, -0.1) is 0 Å². The largest absolute Gasteiger partial charge is 0.328 e. The van der Waals surface area contributed by atoms with Crippen molar-refractivity contribution in [1.29, 1.82) is 0 Å². The Morgan fingerprint density at radius 2 is 1.19 bits per heavy atom. The maximum absolute atomic E-state index is 12.9. The molecule has 0 bridgehead atoms. The summed E-state index contributed by atoms with van der Waals surface area (Å²) in [6, 6.07) is 17.4. The summed E-state index contributed by atoms with van der Waals surface area (Å²) in [6.45, 7) is 2.21. The molecular formula is C26H35NO4S. The van der Waals surface area contributed by atoms with Gasteiger partial charge >= 0.3 is 10.1 Å². The van der Waals surface area contributed by atoms with Crippen LogP contribution in [0.25, 0.3) is 0 Å². The number of carbonyl (C=O) groups excluding carboxylic acids is 1. The lowest BCUT2D eigenvalue weighted by atomic mass is 10.0. The van der Waals surface area contributed by atoms with Gasteiger partial charge in [0.2, 0.25) is 5.78 Å². The molecule has 0 heterocycles. The second kappa shape index (κ2) is 14.6. The molecule has 174 valence electrons. The first kappa shape index (κ1) is 25.8. The average Bonchev–Trinajstić information content (AvgIpc) is 2.81. The van der Waals surface area contributed by atoms with Gasteiger partial charge in [0.15, 0.2) is 5.71 Å². The molecule has 0 spiro atoms. The van der Waals surface area contributed by atoms with E-state index in [2.05, 4.69) is 12.1 Å². The number of nitrogens with zero attached hydrogens (tertiary/aromatic N) is 1. The number of benzene rings is 2. The van der Waals surface area contributed by atoms with Gasteiger partial charge in [0, 0.05) is 11.1 Å². The SMILES string of the molecule is CCCCCCCCCCCCS(=O)(=O)O/N=C(/C(=O)c1ccccc1)c1ccccc1. The van der Waals surface area contributed by atoms with Crippen LogP contribution in [-0.4, -0.2) is 25.7 Å². The van der Waals surface area contributed by atoms with Gasteiger partial charge in [-0.3, -0.25) is 9.08 Å².